The van der Waals surface area contributed by atoms with E-state index in [1.165, 1.54) is 7.06 Å². The van der Waals surface area contributed by atoms with Crippen LogP contribution in [0, 0.1) is 5.92 Å². The van der Waals surface area contributed by atoms with Gasteiger partial charge < -0.3 is 0 Å². The molecule has 1 aromatic rings. The molecule has 6 heteroatoms. The van der Waals surface area contributed by atoms with Crippen LogP contribution in [0.2, 0.25) is 0 Å². The average molecular weight is 282 g/mol. The number of rotatable bonds is 4. The summed E-state index contributed by atoms with van der Waals surface area (Å²) in [5, 5.41) is 3.06. The van der Waals surface area contributed by atoms with Gasteiger partial charge in [0.15, 0.2) is 0 Å². The minimum atomic E-state index is -4.18. The van der Waals surface area contributed by atoms with Crippen LogP contribution in [0.3, 0.4) is 0 Å². The summed E-state index contributed by atoms with van der Waals surface area (Å²) in [6, 6.07) is 8.96. The van der Waals surface area contributed by atoms with E-state index < -0.39 is 18.1 Å². The van der Waals surface area contributed by atoms with Gasteiger partial charge in [-0.3, -0.25) is 0 Å². The van der Waals surface area contributed by atoms with Crippen molar-refractivity contribution in [3.05, 3.63) is 35.9 Å². The Morgan fingerprint density at radius 2 is 2.00 bits per heavy atom. The first-order valence-corrected chi connectivity index (χ1v) is 6.71. The van der Waals surface area contributed by atoms with Gasteiger partial charge in [0.2, 0.25) is 0 Å². The van der Waals surface area contributed by atoms with E-state index >= 15 is 0 Å². The molecule has 20 heavy (non-hydrogen) atoms. The van der Waals surface area contributed by atoms with Crippen molar-refractivity contribution in [3.63, 3.8) is 0 Å². The topological polar surface area (TPSA) is 15.3 Å². The molecule has 1 aliphatic rings. The van der Waals surface area contributed by atoms with Gasteiger partial charge in [0.25, 0.3) is 0 Å². The normalized spacial score (nSPS) is 23.4. The summed E-state index contributed by atoms with van der Waals surface area (Å²) in [5.41, 5.74) is 1.000. The summed E-state index contributed by atoms with van der Waals surface area (Å²) < 4.78 is 39.4. The van der Waals surface area contributed by atoms with Gasteiger partial charge >= 0.3 is 117 Å². The molecule has 108 valence electrons. The molecule has 0 radical (unpaired) electrons. The number of alkyl halides is 3. The van der Waals surface area contributed by atoms with E-state index in [0.717, 1.165) is 5.56 Å². The molecule has 1 fully saturated rings. The number of nitrogens with zero attached hydrogens (tertiary/aromatic N) is 1. The van der Waals surface area contributed by atoms with Crippen LogP contribution in [0.25, 0.3) is 0 Å². The molecule has 1 N–H and O–H groups in total. The maximum atomic E-state index is 13.1. The minimum absolute atomic E-state index is 0.0144. The molecule has 2 nitrogen and oxygen atoms in total. The van der Waals surface area contributed by atoms with Gasteiger partial charge in [-0.15, -0.1) is 0 Å². The Kier molecular flexibility index (Phi) is 4.86. The molecule has 1 heterocycles. The van der Waals surface area contributed by atoms with Crippen LogP contribution in [0.5, 0.6) is 0 Å². The van der Waals surface area contributed by atoms with Gasteiger partial charge in [0.05, 0.1) is 0 Å². The summed E-state index contributed by atoms with van der Waals surface area (Å²) in [4.78, 5) is 1.64. The van der Waals surface area contributed by atoms with Crippen molar-refractivity contribution >= 4 is 13.5 Å². The Morgan fingerprint density at radius 3 is 2.60 bits per heavy atom. The first-order valence-electron chi connectivity index (χ1n) is 6.71. The number of halogens is 3. The van der Waals surface area contributed by atoms with Gasteiger partial charge in [0, 0.05) is 0 Å². The molecule has 1 saturated heterocycles. The molecule has 0 saturated carbocycles. The molecule has 0 amide bonds. The summed E-state index contributed by atoms with van der Waals surface area (Å²) in [5.74, 6) is -1.35. The third-order valence-corrected chi connectivity index (χ3v) is 3.73. The zero-order valence-corrected chi connectivity index (χ0v) is 11.2. The van der Waals surface area contributed by atoms with Gasteiger partial charge in [-0.1, -0.05) is 0 Å². The molecular weight excluding hydrogens is 264 g/mol. The Labute approximate surface area is 117 Å². The Hall–Kier alpha value is -1.30. The molecule has 0 spiro atoms. The van der Waals surface area contributed by atoms with Crippen molar-refractivity contribution < 1.29 is 13.2 Å². The summed E-state index contributed by atoms with van der Waals surface area (Å²) in [7, 11) is 1.49. The number of hydrogen-bond donors (Lipinski definition) is 1. The third kappa shape index (κ3) is 3.85. The quantitative estimate of drug-likeness (QED) is 0.851. The van der Waals surface area contributed by atoms with Crippen molar-refractivity contribution in [1.29, 1.82) is 0 Å². The monoisotopic (exact) mass is 282 g/mol. The van der Waals surface area contributed by atoms with Crippen molar-refractivity contribution in [2.24, 2.45) is 5.92 Å². The molecule has 0 aromatic heterocycles. The maximum absolute atomic E-state index is 13.1. The van der Waals surface area contributed by atoms with Crippen LogP contribution in [0.1, 0.15) is 12.0 Å². The van der Waals surface area contributed by atoms with E-state index in [4.69, 9.17) is 0 Å². The Balaban J connectivity index is 1.99. The summed E-state index contributed by atoms with van der Waals surface area (Å²) >= 11 is 0. The average Bonchev–Trinajstić information content (AvgIpc) is 2.45. The van der Waals surface area contributed by atoms with E-state index in [9.17, 15) is 13.2 Å². The fourth-order valence-corrected chi connectivity index (χ4v) is 2.56. The molecule has 2 unspecified atom stereocenters. The first kappa shape index (κ1) is 15.1. The van der Waals surface area contributed by atoms with E-state index in [2.05, 4.69) is 11.8 Å². The number of benzene rings is 1. The molecule has 2 rings (SSSR count). The predicted molar refractivity (Wildman–Crippen MR) is 75.7 cm³/mol. The second-order valence-corrected chi connectivity index (χ2v) is 5.09. The molecule has 1 aromatic carbocycles. The molecule has 1 aliphatic heterocycles. The van der Waals surface area contributed by atoms with Crippen LogP contribution in [-0.4, -0.2) is 43.6 Å². The number of piperidine rings is 1. The van der Waals surface area contributed by atoms with Crippen molar-refractivity contribution in [2.75, 3.05) is 13.1 Å². The van der Waals surface area contributed by atoms with Crippen LogP contribution >= 0.6 is 0 Å². The standard InChI is InChI=1S/C14H18BF3N2/c1-15-20-8-7-13(12(10-20)14(16,17)18)19-9-11-5-3-2-4-6-11/h2-6,12-13,19H,1,7-10H2. The zero-order valence-electron chi connectivity index (χ0n) is 11.2. The van der Waals surface area contributed by atoms with Crippen LogP contribution in [0.15, 0.2) is 30.3 Å². The fraction of sp³-hybridized carbons (Fsp3) is 0.500. The van der Waals surface area contributed by atoms with Crippen molar-refractivity contribution in [2.45, 2.75) is 25.2 Å². The van der Waals surface area contributed by atoms with Gasteiger partial charge in [-0.25, -0.2) is 0 Å². The summed E-state index contributed by atoms with van der Waals surface area (Å²) in [6.07, 6.45) is -3.71. The SMILES string of the molecule is C=BN1CCC(NCc2ccccc2)C(C(F)(F)F)C1. The number of hydrogen-bond acceptors (Lipinski definition) is 2. The van der Waals surface area contributed by atoms with Gasteiger partial charge in [-0.05, 0) is 0 Å². The van der Waals surface area contributed by atoms with E-state index in [1.54, 1.807) is 4.81 Å². The zero-order chi connectivity index (χ0) is 14.6. The van der Waals surface area contributed by atoms with Crippen LogP contribution in [-0.2, 0) is 6.54 Å². The van der Waals surface area contributed by atoms with E-state index in [0.29, 0.717) is 19.5 Å². The fourth-order valence-electron chi connectivity index (χ4n) is 2.56. The van der Waals surface area contributed by atoms with Crippen molar-refractivity contribution in [1.82, 2.24) is 10.1 Å². The Morgan fingerprint density at radius 1 is 1.30 bits per heavy atom. The molecular formula is C14H18BF3N2. The number of nitrogens with one attached hydrogen (secondary N) is 1. The third-order valence-electron chi connectivity index (χ3n) is 3.73. The van der Waals surface area contributed by atoms with Crippen LogP contribution < -0.4 is 5.32 Å². The van der Waals surface area contributed by atoms with E-state index in [1.807, 2.05) is 30.3 Å². The van der Waals surface area contributed by atoms with E-state index in [-0.39, 0.29) is 6.54 Å². The molecule has 0 aliphatic carbocycles. The first-order chi connectivity index (χ1) is 9.50. The van der Waals surface area contributed by atoms with Crippen molar-refractivity contribution in [3.8, 4) is 0 Å². The second-order valence-electron chi connectivity index (χ2n) is 5.09. The van der Waals surface area contributed by atoms with Gasteiger partial charge in [0.1, 0.15) is 0 Å². The molecule has 0 bridgehead atoms. The van der Waals surface area contributed by atoms with Crippen LogP contribution in [0.4, 0.5) is 13.2 Å². The predicted octanol–water partition coefficient (Wildman–Crippen LogP) is 2.08. The summed E-state index contributed by atoms with van der Waals surface area (Å²) in [6.45, 7) is 4.62. The molecule has 2 atom stereocenters. The Bertz CT molecular complexity index is 436. The van der Waals surface area contributed by atoms with Gasteiger partial charge in [-0.2, -0.15) is 0 Å². The second kappa shape index (κ2) is 6.44.